The lowest BCUT2D eigenvalue weighted by Crippen LogP contribution is -2.14. The molecule has 2 aromatic heterocycles. The molecule has 2 heterocycles. The molecule has 9 nitrogen and oxygen atoms in total. The van der Waals surface area contributed by atoms with Gasteiger partial charge in [0.2, 0.25) is 5.95 Å². The first-order valence-electron chi connectivity index (χ1n) is 8.24. The molecule has 3 rings (SSSR count). The van der Waals surface area contributed by atoms with Gasteiger partial charge < -0.3 is 4.74 Å². The number of halogens is 2. The zero-order valence-corrected chi connectivity index (χ0v) is 15.8. The number of esters is 1. The fourth-order valence-corrected chi connectivity index (χ4v) is 2.64. The van der Waals surface area contributed by atoms with Gasteiger partial charge in [0, 0.05) is 23.7 Å². The molecule has 11 heteroatoms. The Kier molecular flexibility index (Phi) is 5.69. The number of carbonyl (C=O) groups is 2. The second-order valence-electron chi connectivity index (χ2n) is 5.68. The SMILES string of the molecule is CCOC(=O)c1cc(C(=O)Nc2ncn(Cc3c(F)cccc3Cl)n2)nn1C. The van der Waals surface area contributed by atoms with Crippen LogP contribution in [-0.4, -0.2) is 43.0 Å². The number of aryl methyl sites for hydroxylation is 1. The van der Waals surface area contributed by atoms with E-state index in [-0.39, 0.29) is 41.1 Å². The fourth-order valence-electron chi connectivity index (χ4n) is 2.41. The molecule has 0 atom stereocenters. The molecule has 1 N–H and O–H groups in total. The molecule has 3 aromatic rings. The van der Waals surface area contributed by atoms with E-state index in [1.54, 1.807) is 13.0 Å². The molecule has 0 saturated carbocycles. The molecule has 0 unspecified atom stereocenters. The molecule has 146 valence electrons. The maximum absolute atomic E-state index is 13.9. The van der Waals surface area contributed by atoms with Crippen molar-refractivity contribution in [1.82, 2.24) is 24.5 Å². The van der Waals surface area contributed by atoms with E-state index in [9.17, 15) is 14.0 Å². The number of benzene rings is 1. The minimum absolute atomic E-state index is 0.000740. The average molecular weight is 407 g/mol. The topological polar surface area (TPSA) is 104 Å². The quantitative estimate of drug-likeness (QED) is 0.630. The summed E-state index contributed by atoms with van der Waals surface area (Å²) in [5.41, 5.74) is 0.398. The molecule has 1 amide bonds. The lowest BCUT2D eigenvalue weighted by atomic mass is 10.2. The van der Waals surface area contributed by atoms with Crippen LogP contribution in [0.1, 0.15) is 33.5 Å². The van der Waals surface area contributed by atoms with Gasteiger partial charge in [0.05, 0.1) is 13.2 Å². The van der Waals surface area contributed by atoms with Gasteiger partial charge in [-0.1, -0.05) is 17.7 Å². The summed E-state index contributed by atoms with van der Waals surface area (Å²) in [5.74, 6) is -1.65. The highest BCUT2D eigenvalue weighted by atomic mass is 35.5. The standard InChI is InChI=1S/C17H16ClFN6O3/c1-3-28-16(27)14-7-13(22-24(14)2)15(26)21-17-20-9-25(23-17)8-10-11(18)5-4-6-12(10)19/h4-7,9H,3,8H2,1-2H3,(H,21,23,26). The van der Waals surface area contributed by atoms with Crippen molar-refractivity contribution in [3.63, 3.8) is 0 Å². The second-order valence-corrected chi connectivity index (χ2v) is 6.09. The van der Waals surface area contributed by atoms with Crippen LogP contribution in [0.25, 0.3) is 0 Å². The van der Waals surface area contributed by atoms with Gasteiger partial charge in [0.1, 0.15) is 17.8 Å². The molecular weight excluding hydrogens is 391 g/mol. The molecular formula is C17H16ClFN6O3. The zero-order valence-electron chi connectivity index (χ0n) is 15.0. The van der Waals surface area contributed by atoms with Crippen LogP contribution in [0, 0.1) is 5.82 Å². The van der Waals surface area contributed by atoms with Crippen LogP contribution >= 0.6 is 11.6 Å². The predicted molar refractivity (Wildman–Crippen MR) is 97.7 cm³/mol. The van der Waals surface area contributed by atoms with Gasteiger partial charge in [-0.05, 0) is 19.1 Å². The van der Waals surface area contributed by atoms with E-state index in [2.05, 4.69) is 20.5 Å². The first-order chi connectivity index (χ1) is 13.4. The molecule has 0 spiro atoms. The van der Waals surface area contributed by atoms with E-state index in [4.69, 9.17) is 16.3 Å². The summed E-state index contributed by atoms with van der Waals surface area (Å²) in [6.45, 7) is 1.93. The molecule has 0 aliphatic heterocycles. The highest BCUT2D eigenvalue weighted by Gasteiger charge is 2.19. The van der Waals surface area contributed by atoms with E-state index < -0.39 is 17.7 Å². The van der Waals surface area contributed by atoms with Crippen LogP contribution in [0.5, 0.6) is 0 Å². The number of ether oxygens (including phenoxy) is 1. The summed E-state index contributed by atoms with van der Waals surface area (Å²) in [7, 11) is 1.52. The highest BCUT2D eigenvalue weighted by Crippen LogP contribution is 2.20. The number of hydrogen-bond acceptors (Lipinski definition) is 6. The van der Waals surface area contributed by atoms with Crippen LogP contribution in [0.2, 0.25) is 5.02 Å². The number of amides is 1. The maximum Gasteiger partial charge on any atom is 0.356 e. The lowest BCUT2D eigenvalue weighted by Gasteiger charge is -2.05. The average Bonchev–Trinajstić information content (AvgIpc) is 3.25. The Labute approximate surface area is 164 Å². The fraction of sp³-hybridized carbons (Fsp3) is 0.235. The number of aromatic nitrogens is 5. The monoisotopic (exact) mass is 406 g/mol. The molecule has 0 fully saturated rings. The largest absolute Gasteiger partial charge is 0.461 e. The van der Waals surface area contributed by atoms with E-state index >= 15 is 0 Å². The van der Waals surface area contributed by atoms with E-state index in [1.165, 1.54) is 40.9 Å². The Balaban J connectivity index is 1.71. The van der Waals surface area contributed by atoms with Crippen molar-refractivity contribution in [3.8, 4) is 0 Å². The molecule has 0 aliphatic rings. The summed E-state index contributed by atoms with van der Waals surface area (Å²) in [6, 6.07) is 5.68. The molecule has 0 saturated heterocycles. The van der Waals surface area contributed by atoms with Gasteiger partial charge in [-0.3, -0.25) is 14.8 Å². The summed E-state index contributed by atoms with van der Waals surface area (Å²) < 4.78 is 21.4. The van der Waals surface area contributed by atoms with Crippen molar-refractivity contribution in [3.05, 3.63) is 58.4 Å². The van der Waals surface area contributed by atoms with Gasteiger partial charge in [-0.2, -0.15) is 5.10 Å². The van der Waals surface area contributed by atoms with Crippen molar-refractivity contribution in [2.24, 2.45) is 7.05 Å². The third kappa shape index (κ3) is 4.17. The van der Waals surface area contributed by atoms with E-state index in [0.29, 0.717) is 0 Å². The van der Waals surface area contributed by atoms with Gasteiger partial charge in [-0.25, -0.2) is 18.9 Å². The molecule has 0 bridgehead atoms. The summed E-state index contributed by atoms with van der Waals surface area (Å²) in [5, 5.41) is 10.8. The summed E-state index contributed by atoms with van der Waals surface area (Å²) in [4.78, 5) is 28.1. The number of hydrogen-bond donors (Lipinski definition) is 1. The number of rotatable bonds is 6. The second kappa shape index (κ2) is 8.17. The first-order valence-corrected chi connectivity index (χ1v) is 8.61. The Hall–Kier alpha value is -3.27. The van der Waals surface area contributed by atoms with E-state index in [0.717, 1.165) is 0 Å². The summed E-state index contributed by atoms with van der Waals surface area (Å²) >= 11 is 6.00. The third-order valence-corrected chi connectivity index (χ3v) is 4.09. The van der Waals surface area contributed by atoms with Gasteiger partial charge in [0.25, 0.3) is 5.91 Å². The van der Waals surface area contributed by atoms with Gasteiger partial charge in [0.15, 0.2) is 5.69 Å². The van der Waals surface area contributed by atoms with Crippen LogP contribution in [0.15, 0.2) is 30.6 Å². The number of nitrogens with zero attached hydrogens (tertiary/aromatic N) is 5. The number of carbonyl (C=O) groups excluding carboxylic acids is 2. The molecule has 0 aliphatic carbocycles. The van der Waals surface area contributed by atoms with Crippen LogP contribution in [0.3, 0.4) is 0 Å². The third-order valence-electron chi connectivity index (χ3n) is 3.74. The highest BCUT2D eigenvalue weighted by molar-refractivity contribution is 6.31. The minimum Gasteiger partial charge on any atom is -0.461 e. The van der Waals surface area contributed by atoms with Crippen molar-refractivity contribution >= 4 is 29.4 Å². The Morgan fingerprint density at radius 2 is 2.11 bits per heavy atom. The lowest BCUT2D eigenvalue weighted by molar-refractivity contribution is 0.0513. The van der Waals surface area contributed by atoms with Gasteiger partial charge >= 0.3 is 5.97 Å². The zero-order chi connectivity index (χ0) is 20.3. The minimum atomic E-state index is -0.604. The van der Waals surface area contributed by atoms with Crippen molar-refractivity contribution < 1.29 is 18.7 Å². The van der Waals surface area contributed by atoms with Crippen LogP contribution in [0.4, 0.5) is 10.3 Å². The Morgan fingerprint density at radius 1 is 1.32 bits per heavy atom. The smallest absolute Gasteiger partial charge is 0.356 e. The summed E-state index contributed by atoms with van der Waals surface area (Å²) in [6.07, 6.45) is 1.33. The van der Waals surface area contributed by atoms with Crippen LogP contribution in [-0.2, 0) is 18.3 Å². The Morgan fingerprint density at radius 3 is 2.82 bits per heavy atom. The molecule has 28 heavy (non-hydrogen) atoms. The number of nitrogens with one attached hydrogen (secondary N) is 1. The normalized spacial score (nSPS) is 10.7. The molecule has 1 aromatic carbocycles. The van der Waals surface area contributed by atoms with Gasteiger partial charge in [-0.15, -0.1) is 5.10 Å². The van der Waals surface area contributed by atoms with Crippen molar-refractivity contribution in [2.45, 2.75) is 13.5 Å². The van der Waals surface area contributed by atoms with Crippen LogP contribution < -0.4 is 5.32 Å². The van der Waals surface area contributed by atoms with Crippen molar-refractivity contribution in [1.29, 1.82) is 0 Å². The maximum atomic E-state index is 13.9. The van der Waals surface area contributed by atoms with E-state index in [1.807, 2.05) is 0 Å². The molecule has 0 radical (unpaired) electrons. The first kappa shape index (κ1) is 19.5. The Bertz CT molecular complexity index is 1010. The number of anilines is 1. The predicted octanol–water partition coefficient (Wildman–Crippen LogP) is 2.28. The van der Waals surface area contributed by atoms with Crippen molar-refractivity contribution in [2.75, 3.05) is 11.9 Å².